The zero-order valence-electron chi connectivity index (χ0n) is 34.5. The lowest BCUT2D eigenvalue weighted by molar-refractivity contribution is 0.157. The molecule has 0 saturated heterocycles. The zero-order chi connectivity index (χ0) is 40.5. The molecule has 5 aliphatic carbocycles. The van der Waals surface area contributed by atoms with Crippen molar-refractivity contribution in [2.45, 2.75) is 57.3 Å². The first-order chi connectivity index (χ1) is 29.9. The Kier molecular flexibility index (Phi) is 6.32. The third-order valence-electron chi connectivity index (χ3n) is 15.8. The molecule has 0 radical (unpaired) electrons. The summed E-state index contributed by atoms with van der Waals surface area (Å²) in [6.45, 7) is 7.17. The zero-order valence-corrected chi connectivity index (χ0v) is 34.5. The molecule has 3 heterocycles. The van der Waals surface area contributed by atoms with Crippen LogP contribution >= 0.6 is 0 Å². The highest BCUT2D eigenvalue weighted by Crippen LogP contribution is 2.64. The molecule has 2 bridgehead atoms. The van der Waals surface area contributed by atoms with E-state index >= 15 is 0 Å². The number of pyridine rings is 1. The molecule has 1 spiro atoms. The molecule has 1 fully saturated rings. The summed E-state index contributed by atoms with van der Waals surface area (Å²) in [5.41, 5.74) is 23.3. The smallest absolute Gasteiger partial charge is 0.0995 e. The van der Waals surface area contributed by atoms with Gasteiger partial charge < -0.3 is 4.40 Å². The molecule has 10 aromatic rings. The highest BCUT2D eigenvalue weighted by Gasteiger charge is 2.52. The monoisotopic (exact) mass is 779 g/mol. The summed E-state index contributed by atoms with van der Waals surface area (Å²) in [6, 6.07) is 55.0. The predicted molar refractivity (Wildman–Crippen MR) is 249 cm³/mol. The normalized spacial score (nSPS) is 18.5. The van der Waals surface area contributed by atoms with Gasteiger partial charge in [-0.1, -0.05) is 129 Å². The van der Waals surface area contributed by atoms with E-state index in [1.807, 2.05) is 0 Å². The maximum Gasteiger partial charge on any atom is 0.0995 e. The Bertz CT molecular complexity index is 3570. The van der Waals surface area contributed by atoms with Crippen molar-refractivity contribution in [2.24, 2.45) is 5.41 Å². The lowest BCUT2D eigenvalue weighted by Crippen LogP contribution is -2.36. The lowest BCUT2D eigenvalue weighted by Gasteiger charge is -2.50. The number of rotatable bonds is 2. The van der Waals surface area contributed by atoms with Crippen LogP contribution in [0.1, 0.15) is 89.5 Å². The van der Waals surface area contributed by atoms with Crippen molar-refractivity contribution in [3.8, 4) is 50.7 Å². The third kappa shape index (κ3) is 3.98. The Morgan fingerprint density at radius 2 is 1.23 bits per heavy atom. The van der Waals surface area contributed by atoms with Gasteiger partial charge in [0.2, 0.25) is 0 Å². The molecule has 7 aromatic carbocycles. The van der Waals surface area contributed by atoms with Gasteiger partial charge in [0, 0.05) is 27.1 Å². The van der Waals surface area contributed by atoms with E-state index in [4.69, 9.17) is 4.98 Å². The van der Waals surface area contributed by atoms with Gasteiger partial charge in [-0.15, -0.1) is 0 Å². The van der Waals surface area contributed by atoms with Gasteiger partial charge in [-0.25, -0.2) is 0 Å². The van der Waals surface area contributed by atoms with Crippen LogP contribution in [-0.4, -0.2) is 9.38 Å². The Balaban J connectivity index is 1.12. The van der Waals surface area contributed by atoms with Crippen LogP contribution in [0, 0.1) is 23.7 Å². The van der Waals surface area contributed by atoms with E-state index in [0.29, 0.717) is 11.8 Å². The van der Waals surface area contributed by atoms with Crippen LogP contribution in [0.5, 0.6) is 0 Å². The van der Waals surface area contributed by atoms with Crippen LogP contribution in [0.4, 0.5) is 0 Å². The second-order valence-electron chi connectivity index (χ2n) is 19.0. The Labute approximate surface area is 354 Å². The SMILES string of the molecule is Cc1c(-c2ccccc2)ncc2c1c1cc(-c3ccc4c(c3)C3(c5ccccc5-c5ccccc53)c3ccccc3-4)cc3c4c5c(c(C#N)cc4n2c13)C1CCC5C(C)(C)C1. The molecule has 3 heteroatoms. The van der Waals surface area contributed by atoms with Gasteiger partial charge in [0.05, 0.1) is 45.5 Å². The molecule has 3 nitrogen and oxygen atoms in total. The quantitative estimate of drug-likeness (QED) is 0.175. The minimum atomic E-state index is -0.414. The minimum absolute atomic E-state index is 0.160. The van der Waals surface area contributed by atoms with E-state index < -0.39 is 5.41 Å². The number of fused-ring (bicyclic) bond motifs is 18. The van der Waals surface area contributed by atoms with Crippen LogP contribution < -0.4 is 0 Å². The second-order valence-corrected chi connectivity index (χ2v) is 19.0. The first kappa shape index (κ1) is 33.8. The number of nitriles is 1. The van der Waals surface area contributed by atoms with Gasteiger partial charge in [0.15, 0.2) is 0 Å². The van der Waals surface area contributed by atoms with Crippen molar-refractivity contribution < 1.29 is 0 Å². The van der Waals surface area contributed by atoms with Gasteiger partial charge in [-0.05, 0) is 140 Å². The summed E-state index contributed by atoms with van der Waals surface area (Å²) in [5.74, 6) is 0.809. The third-order valence-corrected chi connectivity index (χ3v) is 15.8. The Morgan fingerprint density at radius 1 is 0.607 bits per heavy atom. The van der Waals surface area contributed by atoms with Crippen LogP contribution in [0.25, 0.3) is 82.7 Å². The van der Waals surface area contributed by atoms with E-state index in [-0.39, 0.29) is 5.41 Å². The Morgan fingerprint density at radius 3 is 1.89 bits per heavy atom. The molecule has 288 valence electrons. The number of aryl methyl sites for hydroxylation is 1. The molecule has 0 aliphatic heterocycles. The predicted octanol–water partition coefficient (Wildman–Crippen LogP) is 14.5. The van der Waals surface area contributed by atoms with Crippen molar-refractivity contribution in [3.05, 3.63) is 190 Å². The summed E-state index contributed by atoms with van der Waals surface area (Å²) in [7, 11) is 0. The van der Waals surface area contributed by atoms with Gasteiger partial charge in [-0.2, -0.15) is 5.26 Å². The maximum atomic E-state index is 10.8. The van der Waals surface area contributed by atoms with Crippen LogP contribution in [-0.2, 0) is 5.41 Å². The van der Waals surface area contributed by atoms with Gasteiger partial charge in [-0.3, -0.25) is 4.98 Å². The molecule has 1 saturated carbocycles. The highest BCUT2D eigenvalue weighted by molar-refractivity contribution is 6.26. The fraction of sp³-hybridized carbons (Fsp3) is 0.172. The Hall–Kier alpha value is -7.02. The van der Waals surface area contributed by atoms with Crippen molar-refractivity contribution in [1.29, 1.82) is 5.26 Å². The summed E-state index contributed by atoms with van der Waals surface area (Å²) in [4.78, 5) is 5.20. The minimum Gasteiger partial charge on any atom is -0.306 e. The van der Waals surface area contributed by atoms with Crippen molar-refractivity contribution >= 4 is 38.1 Å². The summed E-state index contributed by atoms with van der Waals surface area (Å²) < 4.78 is 2.46. The highest BCUT2D eigenvalue weighted by atomic mass is 14.9. The number of hydrogen-bond donors (Lipinski definition) is 0. The lowest BCUT2D eigenvalue weighted by atomic mass is 9.54. The van der Waals surface area contributed by atoms with Crippen molar-refractivity contribution in [2.75, 3.05) is 0 Å². The van der Waals surface area contributed by atoms with Crippen molar-refractivity contribution in [3.63, 3.8) is 0 Å². The molecular weight excluding hydrogens is 739 g/mol. The first-order valence-corrected chi connectivity index (χ1v) is 22.0. The fourth-order valence-corrected chi connectivity index (χ4v) is 13.5. The molecule has 2 atom stereocenters. The number of aromatic nitrogens is 2. The van der Waals surface area contributed by atoms with Gasteiger partial charge in [0.1, 0.15) is 0 Å². The average molecular weight is 780 g/mol. The number of nitrogens with zero attached hydrogens (tertiary/aromatic N) is 3. The summed E-state index contributed by atoms with van der Waals surface area (Å²) >= 11 is 0. The summed E-state index contributed by atoms with van der Waals surface area (Å²) in [6.07, 6.45) is 5.56. The molecule has 15 rings (SSSR count). The topological polar surface area (TPSA) is 41.1 Å². The van der Waals surface area contributed by atoms with E-state index in [1.54, 1.807) is 0 Å². The van der Waals surface area contributed by atoms with Crippen LogP contribution in [0.15, 0.2) is 146 Å². The summed E-state index contributed by atoms with van der Waals surface area (Å²) in [5, 5.41) is 16.0. The second kappa shape index (κ2) is 11.4. The molecule has 5 aliphatic rings. The van der Waals surface area contributed by atoms with E-state index in [2.05, 4.69) is 177 Å². The van der Waals surface area contributed by atoms with Crippen molar-refractivity contribution in [1.82, 2.24) is 9.38 Å². The van der Waals surface area contributed by atoms with Crippen LogP contribution in [0.2, 0.25) is 0 Å². The van der Waals surface area contributed by atoms with E-state index in [1.165, 1.54) is 106 Å². The standard InChI is InChI=1S/C58H41N3/c1-32-51-42-25-36(34-21-23-41-40-17-9-12-20-46(40)58(48(41)27-34)44-18-10-7-15-38(44)39-16-8-11-19-45(39)58)26-43-53-49(28-37(30-59)52-35-22-24-47(54(52)53)57(2,3)29-35)61(56(42)43)50(51)31-60-55(32)33-13-5-4-6-14-33/h4-21,23,25-28,31,35,47H,22,24,29H2,1-3H3. The number of hydrogen-bond acceptors (Lipinski definition) is 2. The van der Waals surface area contributed by atoms with Gasteiger partial charge >= 0.3 is 0 Å². The molecule has 3 aromatic heterocycles. The van der Waals surface area contributed by atoms with E-state index in [0.717, 1.165) is 40.7 Å². The van der Waals surface area contributed by atoms with Gasteiger partial charge in [0.25, 0.3) is 0 Å². The average Bonchev–Trinajstić information content (AvgIpc) is 4.00. The molecule has 61 heavy (non-hydrogen) atoms. The largest absolute Gasteiger partial charge is 0.306 e. The first-order valence-electron chi connectivity index (χ1n) is 22.0. The molecule has 2 unspecified atom stereocenters. The fourth-order valence-electron chi connectivity index (χ4n) is 13.5. The molecular formula is C58H41N3. The molecule has 0 N–H and O–H groups in total. The maximum absolute atomic E-state index is 10.8. The molecule has 0 amide bonds. The van der Waals surface area contributed by atoms with E-state index in [9.17, 15) is 5.26 Å². The van der Waals surface area contributed by atoms with Crippen LogP contribution in [0.3, 0.4) is 0 Å². The number of benzene rings is 7.